The second kappa shape index (κ2) is 10.3. The van der Waals surface area contributed by atoms with Crippen LogP contribution in [-0.4, -0.2) is 71.2 Å². The summed E-state index contributed by atoms with van der Waals surface area (Å²) in [6.07, 6.45) is 1.39. The van der Waals surface area contributed by atoms with Gasteiger partial charge in [-0.15, -0.1) is 0 Å². The number of ether oxygens (including phenoxy) is 2. The average Bonchev–Trinajstić information content (AvgIpc) is 3.27. The highest BCUT2D eigenvalue weighted by Crippen LogP contribution is 2.15. The number of carbonyl (C=O) groups excluding carboxylic acids is 3. The molecule has 2 aliphatic rings. The fourth-order valence-corrected chi connectivity index (χ4v) is 3.63. The van der Waals surface area contributed by atoms with Crippen molar-refractivity contribution in [3.05, 3.63) is 39.9 Å². The summed E-state index contributed by atoms with van der Waals surface area (Å²) >= 11 is 5.29. The molecular formula is C19H22N4O7S. The van der Waals surface area contributed by atoms with Crippen LogP contribution in [0.4, 0.5) is 5.69 Å². The minimum atomic E-state index is -0.921. The highest BCUT2D eigenvalue weighted by molar-refractivity contribution is 7.80. The maximum Gasteiger partial charge on any atom is 0.308 e. The highest BCUT2D eigenvalue weighted by Gasteiger charge is 2.34. The van der Waals surface area contributed by atoms with Gasteiger partial charge in [-0.05, 0) is 37.2 Å². The topological polar surface area (TPSA) is 140 Å². The minimum Gasteiger partial charge on any atom is -0.463 e. The quantitative estimate of drug-likeness (QED) is 0.275. The van der Waals surface area contributed by atoms with Crippen molar-refractivity contribution >= 4 is 40.8 Å². The summed E-state index contributed by atoms with van der Waals surface area (Å²) in [5.41, 5.74) is 0.0235. The van der Waals surface area contributed by atoms with Crippen LogP contribution in [0.1, 0.15) is 29.6 Å². The second-order valence-electron chi connectivity index (χ2n) is 7.09. The summed E-state index contributed by atoms with van der Waals surface area (Å²) in [5, 5.41) is 15.9. The third kappa shape index (κ3) is 5.95. The number of non-ortho nitro benzene ring substituents is 1. The number of esters is 1. The standard InChI is InChI=1S/C19H22N4O7S/c24-16(30-11-14-2-1-9-29-14)10-15-18(26)20-7-8-22(15)19(31)21-17(25)12-3-5-13(6-4-12)23(27)28/h3-6,14-15H,1-2,7-11H2,(H,20,26)(H,21,25,31). The number of nitrogens with one attached hydrogen (secondary N) is 2. The smallest absolute Gasteiger partial charge is 0.308 e. The Labute approximate surface area is 183 Å². The Kier molecular flexibility index (Phi) is 7.47. The van der Waals surface area contributed by atoms with Gasteiger partial charge in [0, 0.05) is 37.4 Å². The number of piperazine rings is 1. The van der Waals surface area contributed by atoms with Gasteiger partial charge in [-0.3, -0.25) is 29.8 Å². The van der Waals surface area contributed by atoms with Crippen molar-refractivity contribution in [1.29, 1.82) is 0 Å². The Morgan fingerprint density at radius 3 is 2.74 bits per heavy atom. The molecule has 0 spiro atoms. The van der Waals surface area contributed by atoms with E-state index in [9.17, 15) is 24.5 Å². The molecule has 0 saturated carbocycles. The molecule has 2 amide bonds. The molecule has 166 valence electrons. The summed E-state index contributed by atoms with van der Waals surface area (Å²) in [6, 6.07) is 4.10. The number of carbonyl (C=O) groups is 3. The van der Waals surface area contributed by atoms with Gasteiger partial charge in [0.05, 0.1) is 17.4 Å². The summed E-state index contributed by atoms with van der Waals surface area (Å²) < 4.78 is 10.6. The van der Waals surface area contributed by atoms with Crippen molar-refractivity contribution in [2.24, 2.45) is 0 Å². The molecule has 1 aromatic carbocycles. The van der Waals surface area contributed by atoms with Gasteiger partial charge in [-0.1, -0.05) is 0 Å². The molecule has 0 radical (unpaired) electrons. The average molecular weight is 450 g/mol. The lowest BCUT2D eigenvalue weighted by molar-refractivity contribution is -0.384. The van der Waals surface area contributed by atoms with E-state index in [1.165, 1.54) is 29.2 Å². The van der Waals surface area contributed by atoms with Crippen LogP contribution in [0.3, 0.4) is 0 Å². The van der Waals surface area contributed by atoms with E-state index in [0.717, 1.165) is 12.8 Å². The van der Waals surface area contributed by atoms with E-state index in [-0.39, 0.29) is 35.5 Å². The number of rotatable bonds is 6. The Hall–Kier alpha value is -3.12. The van der Waals surface area contributed by atoms with E-state index in [1.807, 2.05) is 0 Å². The van der Waals surface area contributed by atoms with Crippen LogP contribution >= 0.6 is 12.2 Å². The Balaban J connectivity index is 1.59. The van der Waals surface area contributed by atoms with E-state index in [1.54, 1.807) is 0 Å². The van der Waals surface area contributed by atoms with Crippen molar-refractivity contribution in [3.63, 3.8) is 0 Å². The molecule has 11 nitrogen and oxygen atoms in total. The molecule has 2 fully saturated rings. The molecule has 31 heavy (non-hydrogen) atoms. The third-order valence-corrected chi connectivity index (χ3v) is 5.30. The summed E-state index contributed by atoms with van der Waals surface area (Å²) in [6.45, 7) is 1.38. The van der Waals surface area contributed by atoms with Crippen LogP contribution in [0, 0.1) is 10.1 Å². The first-order chi connectivity index (χ1) is 14.8. The van der Waals surface area contributed by atoms with Gasteiger partial charge >= 0.3 is 5.97 Å². The Morgan fingerprint density at radius 1 is 1.35 bits per heavy atom. The maximum absolute atomic E-state index is 12.4. The zero-order valence-corrected chi connectivity index (χ0v) is 17.4. The first-order valence-corrected chi connectivity index (χ1v) is 10.2. The first kappa shape index (κ1) is 22.6. The number of nitrogens with zero attached hydrogens (tertiary/aromatic N) is 2. The fraction of sp³-hybridized carbons (Fsp3) is 0.474. The number of hydrogen-bond donors (Lipinski definition) is 2. The first-order valence-electron chi connectivity index (χ1n) is 9.76. The van der Waals surface area contributed by atoms with Crippen molar-refractivity contribution in [3.8, 4) is 0 Å². The molecule has 3 rings (SSSR count). The van der Waals surface area contributed by atoms with Crippen LogP contribution in [0.15, 0.2) is 24.3 Å². The molecule has 2 saturated heterocycles. The monoisotopic (exact) mass is 450 g/mol. The molecular weight excluding hydrogens is 428 g/mol. The Bertz CT molecular complexity index is 871. The van der Waals surface area contributed by atoms with Crippen molar-refractivity contribution in [2.45, 2.75) is 31.4 Å². The molecule has 2 unspecified atom stereocenters. The van der Waals surface area contributed by atoms with Gasteiger partial charge in [-0.2, -0.15) is 0 Å². The van der Waals surface area contributed by atoms with Gasteiger partial charge in [0.1, 0.15) is 12.6 Å². The molecule has 2 atom stereocenters. The van der Waals surface area contributed by atoms with E-state index >= 15 is 0 Å². The summed E-state index contributed by atoms with van der Waals surface area (Å²) in [7, 11) is 0. The second-order valence-corrected chi connectivity index (χ2v) is 7.47. The summed E-state index contributed by atoms with van der Waals surface area (Å²) in [4.78, 5) is 48.7. The molecule has 2 N–H and O–H groups in total. The number of amides is 2. The van der Waals surface area contributed by atoms with Crippen molar-refractivity contribution < 1.29 is 28.8 Å². The van der Waals surface area contributed by atoms with Gasteiger partial charge in [0.2, 0.25) is 5.91 Å². The van der Waals surface area contributed by atoms with E-state index < -0.39 is 28.7 Å². The fourth-order valence-electron chi connectivity index (χ4n) is 3.31. The largest absolute Gasteiger partial charge is 0.463 e. The molecule has 2 heterocycles. The molecule has 1 aromatic rings. The van der Waals surface area contributed by atoms with E-state index in [0.29, 0.717) is 19.7 Å². The van der Waals surface area contributed by atoms with Gasteiger partial charge in [0.25, 0.3) is 11.6 Å². The Morgan fingerprint density at radius 2 is 2.10 bits per heavy atom. The predicted molar refractivity (Wildman–Crippen MR) is 111 cm³/mol. The van der Waals surface area contributed by atoms with Crippen molar-refractivity contribution in [1.82, 2.24) is 15.5 Å². The maximum atomic E-state index is 12.4. The van der Waals surface area contributed by atoms with E-state index in [2.05, 4.69) is 10.6 Å². The number of hydrogen-bond acceptors (Lipinski definition) is 8. The number of nitro groups is 1. The zero-order chi connectivity index (χ0) is 22.4. The lowest BCUT2D eigenvalue weighted by Gasteiger charge is -2.36. The zero-order valence-electron chi connectivity index (χ0n) is 16.6. The molecule has 12 heteroatoms. The highest BCUT2D eigenvalue weighted by atomic mass is 32.1. The number of nitro benzene ring substituents is 1. The third-order valence-electron chi connectivity index (χ3n) is 4.97. The van der Waals surface area contributed by atoms with E-state index in [4.69, 9.17) is 21.7 Å². The predicted octanol–water partition coefficient (Wildman–Crippen LogP) is 0.522. The van der Waals surface area contributed by atoms with Crippen LogP contribution in [0.25, 0.3) is 0 Å². The minimum absolute atomic E-state index is 0.0184. The molecule has 0 aliphatic carbocycles. The SMILES string of the molecule is O=C(CC1C(=O)NCCN1C(=S)NC(=O)c1ccc([N+](=O)[O-])cc1)OCC1CCCO1. The summed E-state index contributed by atoms with van der Waals surface area (Å²) in [5.74, 6) is -1.54. The van der Waals surface area contributed by atoms with Gasteiger partial charge in [-0.25, -0.2) is 0 Å². The van der Waals surface area contributed by atoms with Gasteiger partial charge in [0.15, 0.2) is 5.11 Å². The van der Waals surface area contributed by atoms with Crippen LogP contribution in [0.5, 0.6) is 0 Å². The normalized spacial score (nSPS) is 20.6. The van der Waals surface area contributed by atoms with Crippen LogP contribution < -0.4 is 10.6 Å². The molecule has 2 aliphatic heterocycles. The molecule has 0 bridgehead atoms. The van der Waals surface area contributed by atoms with Crippen LogP contribution in [0.2, 0.25) is 0 Å². The van der Waals surface area contributed by atoms with Gasteiger partial charge < -0.3 is 19.7 Å². The van der Waals surface area contributed by atoms with Crippen molar-refractivity contribution in [2.75, 3.05) is 26.3 Å². The number of thiocarbonyl (C=S) groups is 1. The lowest BCUT2D eigenvalue weighted by atomic mass is 10.1. The van der Waals surface area contributed by atoms with Crippen LogP contribution in [-0.2, 0) is 19.1 Å². The molecule has 0 aromatic heterocycles. The lowest BCUT2D eigenvalue weighted by Crippen LogP contribution is -2.60. The number of benzene rings is 1.